The summed E-state index contributed by atoms with van der Waals surface area (Å²) in [5.74, 6) is 2.34. The molecule has 0 saturated carbocycles. The predicted molar refractivity (Wildman–Crippen MR) is 78.6 cm³/mol. The standard InChI is InChI=1S/C12H21ClN4S/c1-5-9(4)8-18-12-15-10(13)14-11(16-12)17(6-2)7-3/h9H,5-8H2,1-4H3. The molecular weight excluding hydrogens is 268 g/mol. The molecule has 1 aromatic rings. The summed E-state index contributed by atoms with van der Waals surface area (Å²) in [6, 6.07) is 0. The molecule has 0 spiro atoms. The van der Waals surface area contributed by atoms with Crippen LogP contribution in [0.5, 0.6) is 0 Å². The van der Waals surface area contributed by atoms with Gasteiger partial charge in [0.15, 0.2) is 5.16 Å². The van der Waals surface area contributed by atoms with Crippen LogP contribution in [0.25, 0.3) is 0 Å². The number of halogens is 1. The Kier molecular flexibility index (Phi) is 6.71. The fourth-order valence-electron chi connectivity index (χ4n) is 1.37. The molecular formula is C12H21ClN4S. The molecule has 18 heavy (non-hydrogen) atoms. The summed E-state index contributed by atoms with van der Waals surface area (Å²) in [5, 5.41) is 0.996. The first kappa shape index (κ1) is 15.5. The Morgan fingerprint density at radius 2 is 1.83 bits per heavy atom. The lowest BCUT2D eigenvalue weighted by Crippen LogP contribution is -2.24. The summed E-state index contributed by atoms with van der Waals surface area (Å²) < 4.78 is 0. The number of nitrogens with zero attached hydrogens (tertiary/aromatic N) is 4. The number of thioether (sulfide) groups is 1. The molecule has 1 aromatic heterocycles. The van der Waals surface area contributed by atoms with Crippen LogP contribution < -0.4 is 4.90 Å². The highest BCUT2D eigenvalue weighted by Gasteiger charge is 2.11. The zero-order valence-corrected chi connectivity index (χ0v) is 13.1. The second kappa shape index (κ2) is 7.79. The van der Waals surface area contributed by atoms with Gasteiger partial charge in [0.05, 0.1) is 0 Å². The number of anilines is 1. The van der Waals surface area contributed by atoms with Crippen molar-refractivity contribution in [2.75, 3.05) is 23.7 Å². The van der Waals surface area contributed by atoms with E-state index in [-0.39, 0.29) is 5.28 Å². The van der Waals surface area contributed by atoms with Gasteiger partial charge in [0.1, 0.15) is 0 Å². The molecule has 0 aliphatic carbocycles. The minimum absolute atomic E-state index is 0.276. The summed E-state index contributed by atoms with van der Waals surface area (Å²) in [4.78, 5) is 14.9. The minimum atomic E-state index is 0.276. The summed E-state index contributed by atoms with van der Waals surface area (Å²) in [7, 11) is 0. The molecule has 1 unspecified atom stereocenters. The van der Waals surface area contributed by atoms with Gasteiger partial charge in [0.2, 0.25) is 11.2 Å². The average molecular weight is 289 g/mol. The number of aromatic nitrogens is 3. The third-order valence-electron chi connectivity index (χ3n) is 2.82. The lowest BCUT2D eigenvalue weighted by atomic mass is 10.2. The predicted octanol–water partition coefficient (Wildman–Crippen LogP) is 3.51. The minimum Gasteiger partial charge on any atom is -0.341 e. The molecule has 0 radical (unpaired) electrons. The first-order chi connectivity index (χ1) is 8.60. The SMILES string of the molecule is CCC(C)CSc1nc(Cl)nc(N(CC)CC)n1. The smallest absolute Gasteiger partial charge is 0.230 e. The van der Waals surface area contributed by atoms with Gasteiger partial charge in [-0.25, -0.2) is 0 Å². The van der Waals surface area contributed by atoms with E-state index in [2.05, 4.69) is 47.5 Å². The van der Waals surface area contributed by atoms with Crippen molar-refractivity contribution in [1.29, 1.82) is 0 Å². The maximum absolute atomic E-state index is 5.95. The topological polar surface area (TPSA) is 41.9 Å². The van der Waals surface area contributed by atoms with E-state index < -0.39 is 0 Å². The van der Waals surface area contributed by atoms with Crippen molar-refractivity contribution in [3.8, 4) is 0 Å². The Balaban J connectivity index is 2.80. The van der Waals surface area contributed by atoms with Crippen LogP contribution in [0, 0.1) is 5.92 Å². The Hall–Kier alpha value is -0.550. The maximum Gasteiger partial charge on any atom is 0.230 e. The van der Waals surface area contributed by atoms with Crippen molar-refractivity contribution in [3.05, 3.63) is 5.28 Å². The van der Waals surface area contributed by atoms with Gasteiger partial charge in [-0.15, -0.1) is 0 Å². The van der Waals surface area contributed by atoms with Crippen molar-refractivity contribution in [2.45, 2.75) is 39.3 Å². The first-order valence-electron chi connectivity index (χ1n) is 6.39. The van der Waals surface area contributed by atoms with Crippen LogP contribution in [0.15, 0.2) is 5.16 Å². The van der Waals surface area contributed by atoms with Crippen molar-refractivity contribution in [1.82, 2.24) is 15.0 Å². The summed E-state index contributed by atoms with van der Waals surface area (Å²) in [6.45, 7) is 10.3. The molecule has 1 atom stereocenters. The van der Waals surface area contributed by atoms with Crippen LogP contribution in [0.3, 0.4) is 0 Å². The van der Waals surface area contributed by atoms with E-state index in [4.69, 9.17) is 11.6 Å². The van der Waals surface area contributed by atoms with E-state index in [1.54, 1.807) is 11.8 Å². The highest BCUT2D eigenvalue weighted by Crippen LogP contribution is 2.21. The molecule has 1 heterocycles. The molecule has 4 nitrogen and oxygen atoms in total. The third kappa shape index (κ3) is 4.61. The molecule has 0 saturated heterocycles. The van der Waals surface area contributed by atoms with Gasteiger partial charge in [-0.2, -0.15) is 15.0 Å². The average Bonchev–Trinajstić information content (AvgIpc) is 2.37. The van der Waals surface area contributed by atoms with Gasteiger partial charge < -0.3 is 4.90 Å². The lowest BCUT2D eigenvalue weighted by Gasteiger charge is -2.18. The van der Waals surface area contributed by atoms with E-state index in [1.165, 1.54) is 0 Å². The molecule has 6 heteroatoms. The van der Waals surface area contributed by atoms with E-state index in [0.717, 1.165) is 30.4 Å². The largest absolute Gasteiger partial charge is 0.341 e. The van der Waals surface area contributed by atoms with E-state index in [9.17, 15) is 0 Å². The molecule has 0 aliphatic heterocycles. The summed E-state index contributed by atoms with van der Waals surface area (Å²) in [5.41, 5.74) is 0. The molecule has 0 amide bonds. The molecule has 0 bridgehead atoms. The molecule has 0 aliphatic rings. The third-order valence-corrected chi connectivity index (χ3v) is 4.16. The Morgan fingerprint density at radius 3 is 2.39 bits per heavy atom. The Labute approximate surface area is 119 Å². The van der Waals surface area contributed by atoms with Gasteiger partial charge in [0.25, 0.3) is 0 Å². The van der Waals surface area contributed by atoms with Crippen LogP contribution in [0.2, 0.25) is 5.28 Å². The van der Waals surface area contributed by atoms with Crippen LogP contribution >= 0.6 is 23.4 Å². The zero-order valence-electron chi connectivity index (χ0n) is 11.5. The van der Waals surface area contributed by atoms with Crippen molar-refractivity contribution >= 4 is 29.3 Å². The summed E-state index contributed by atoms with van der Waals surface area (Å²) >= 11 is 7.60. The lowest BCUT2D eigenvalue weighted by molar-refractivity contribution is 0.635. The molecule has 102 valence electrons. The van der Waals surface area contributed by atoms with Gasteiger partial charge >= 0.3 is 0 Å². The second-order valence-electron chi connectivity index (χ2n) is 4.18. The normalized spacial score (nSPS) is 12.5. The van der Waals surface area contributed by atoms with E-state index in [0.29, 0.717) is 11.9 Å². The van der Waals surface area contributed by atoms with E-state index in [1.807, 2.05) is 0 Å². The van der Waals surface area contributed by atoms with Gasteiger partial charge in [-0.05, 0) is 31.4 Å². The highest BCUT2D eigenvalue weighted by molar-refractivity contribution is 7.99. The zero-order chi connectivity index (χ0) is 13.5. The number of rotatable bonds is 7. The fraction of sp³-hybridized carbons (Fsp3) is 0.750. The quantitative estimate of drug-likeness (QED) is 0.718. The first-order valence-corrected chi connectivity index (χ1v) is 7.76. The van der Waals surface area contributed by atoms with Crippen LogP contribution in [0.1, 0.15) is 34.1 Å². The van der Waals surface area contributed by atoms with Gasteiger partial charge in [0, 0.05) is 18.8 Å². The monoisotopic (exact) mass is 288 g/mol. The van der Waals surface area contributed by atoms with Crippen molar-refractivity contribution in [2.24, 2.45) is 5.92 Å². The van der Waals surface area contributed by atoms with Gasteiger partial charge in [-0.3, -0.25) is 0 Å². The maximum atomic E-state index is 5.95. The van der Waals surface area contributed by atoms with Crippen LogP contribution in [0.4, 0.5) is 5.95 Å². The van der Waals surface area contributed by atoms with Crippen LogP contribution in [-0.2, 0) is 0 Å². The van der Waals surface area contributed by atoms with Crippen molar-refractivity contribution in [3.63, 3.8) is 0 Å². The van der Waals surface area contributed by atoms with Crippen LogP contribution in [-0.4, -0.2) is 33.8 Å². The molecule has 0 N–H and O–H groups in total. The van der Waals surface area contributed by atoms with Gasteiger partial charge in [-0.1, -0.05) is 32.0 Å². The second-order valence-corrected chi connectivity index (χ2v) is 5.51. The van der Waals surface area contributed by atoms with Crippen molar-refractivity contribution < 1.29 is 0 Å². The Morgan fingerprint density at radius 1 is 1.17 bits per heavy atom. The molecule has 0 aromatic carbocycles. The Bertz CT molecular complexity index is 371. The number of hydrogen-bond acceptors (Lipinski definition) is 5. The fourth-order valence-corrected chi connectivity index (χ4v) is 2.54. The summed E-state index contributed by atoms with van der Waals surface area (Å²) in [6.07, 6.45) is 1.16. The molecule has 0 fully saturated rings. The van der Waals surface area contributed by atoms with E-state index >= 15 is 0 Å². The molecule has 1 rings (SSSR count). The highest BCUT2D eigenvalue weighted by atomic mass is 35.5. The number of hydrogen-bond donors (Lipinski definition) is 0.